The zero-order valence-corrected chi connectivity index (χ0v) is 24.8. The van der Waals surface area contributed by atoms with Crippen LogP contribution in [0.15, 0.2) is 188 Å². The summed E-state index contributed by atoms with van der Waals surface area (Å²) in [6.07, 6.45) is 0. The van der Waals surface area contributed by atoms with Gasteiger partial charge in [0, 0.05) is 17.1 Å². The number of rotatable bonds is 6. The Balaban J connectivity index is 1.26. The lowest BCUT2D eigenvalue weighted by atomic mass is 9.89. The minimum atomic E-state index is 1.11. The van der Waals surface area contributed by atoms with Crippen LogP contribution in [0.25, 0.3) is 54.9 Å². The van der Waals surface area contributed by atoms with Crippen LogP contribution in [-0.2, 0) is 0 Å². The topological polar surface area (TPSA) is 3.24 Å². The maximum absolute atomic E-state index is 2.35. The molecular formula is C44H31N. The molecule has 0 aliphatic rings. The maximum Gasteiger partial charge on any atom is 0.0468 e. The molecule has 0 amide bonds. The van der Waals surface area contributed by atoms with Gasteiger partial charge in [0.05, 0.1) is 0 Å². The van der Waals surface area contributed by atoms with Gasteiger partial charge in [-0.1, -0.05) is 152 Å². The van der Waals surface area contributed by atoms with Crippen molar-refractivity contribution in [1.82, 2.24) is 0 Å². The van der Waals surface area contributed by atoms with E-state index >= 15 is 0 Å². The van der Waals surface area contributed by atoms with Crippen molar-refractivity contribution in [3.8, 4) is 33.4 Å². The van der Waals surface area contributed by atoms with Gasteiger partial charge in [-0.05, 0) is 91.3 Å². The zero-order valence-electron chi connectivity index (χ0n) is 24.8. The molecule has 0 N–H and O–H groups in total. The van der Waals surface area contributed by atoms with E-state index in [2.05, 4.69) is 193 Å². The van der Waals surface area contributed by atoms with Gasteiger partial charge in [-0.2, -0.15) is 0 Å². The quantitative estimate of drug-likeness (QED) is 0.191. The van der Waals surface area contributed by atoms with Crippen LogP contribution in [-0.4, -0.2) is 0 Å². The second-order valence-corrected chi connectivity index (χ2v) is 11.4. The van der Waals surface area contributed by atoms with Crippen LogP contribution in [0.3, 0.4) is 0 Å². The van der Waals surface area contributed by atoms with Gasteiger partial charge in [0.2, 0.25) is 0 Å². The number of anilines is 3. The average molecular weight is 574 g/mol. The molecule has 0 aliphatic carbocycles. The Kier molecular flexibility index (Phi) is 6.90. The molecule has 0 unspecified atom stereocenters. The second kappa shape index (κ2) is 11.6. The minimum Gasteiger partial charge on any atom is -0.310 e. The molecule has 8 aromatic rings. The van der Waals surface area contributed by atoms with E-state index in [4.69, 9.17) is 0 Å². The predicted octanol–water partition coefficient (Wildman–Crippen LogP) is 12.5. The van der Waals surface area contributed by atoms with Crippen LogP contribution in [0.5, 0.6) is 0 Å². The lowest BCUT2D eigenvalue weighted by Crippen LogP contribution is -2.09. The average Bonchev–Trinajstić information content (AvgIpc) is 3.12. The second-order valence-electron chi connectivity index (χ2n) is 11.4. The van der Waals surface area contributed by atoms with Crippen molar-refractivity contribution in [2.24, 2.45) is 0 Å². The number of hydrogen-bond acceptors (Lipinski definition) is 1. The first-order valence-electron chi connectivity index (χ1n) is 15.4. The van der Waals surface area contributed by atoms with E-state index in [0.29, 0.717) is 0 Å². The Morgan fingerprint density at radius 1 is 0.289 bits per heavy atom. The van der Waals surface area contributed by atoms with Crippen LogP contribution in [0, 0.1) is 0 Å². The highest BCUT2D eigenvalue weighted by Gasteiger charge is 2.16. The van der Waals surface area contributed by atoms with Crippen molar-refractivity contribution >= 4 is 38.6 Å². The van der Waals surface area contributed by atoms with E-state index in [0.717, 1.165) is 17.1 Å². The molecule has 0 fully saturated rings. The standard InChI is InChI=1S/C44H31N/c1-3-11-32(12-4-1)34-19-25-39(26-20-34)45(41-29-21-33-13-7-8-17-38(33)31-41)40-27-22-37(23-28-40)44-42-18-10-9-16-36(42)24-30-43(44)35-14-5-2-6-15-35/h1-31H. The largest absolute Gasteiger partial charge is 0.310 e. The number of hydrogen-bond donors (Lipinski definition) is 0. The fourth-order valence-electron chi connectivity index (χ4n) is 6.41. The van der Waals surface area contributed by atoms with Crippen LogP contribution < -0.4 is 4.90 Å². The van der Waals surface area contributed by atoms with Gasteiger partial charge >= 0.3 is 0 Å². The summed E-state index contributed by atoms with van der Waals surface area (Å²) in [5, 5.41) is 4.96. The summed E-state index contributed by atoms with van der Waals surface area (Å²) in [5.74, 6) is 0. The van der Waals surface area contributed by atoms with Gasteiger partial charge in [0.1, 0.15) is 0 Å². The monoisotopic (exact) mass is 573 g/mol. The molecule has 0 saturated carbocycles. The van der Waals surface area contributed by atoms with Crippen LogP contribution in [0.2, 0.25) is 0 Å². The summed E-state index contributed by atoms with van der Waals surface area (Å²) in [6, 6.07) is 67.6. The fraction of sp³-hybridized carbons (Fsp3) is 0. The van der Waals surface area contributed by atoms with Gasteiger partial charge < -0.3 is 4.90 Å². The van der Waals surface area contributed by atoms with E-state index < -0.39 is 0 Å². The zero-order chi connectivity index (χ0) is 30.0. The Morgan fingerprint density at radius 3 is 1.47 bits per heavy atom. The van der Waals surface area contributed by atoms with Crippen LogP contribution >= 0.6 is 0 Å². The Hall–Kier alpha value is -5.92. The lowest BCUT2D eigenvalue weighted by Gasteiger charge is -2.26. The first-order chi connectivity index (χ1) is 22.3. The Bertz CT molecular complexity index is 2230. The van der Waals surface area contributed by atoms with E-state index in [9.17, 15) is 0 Å². The molecule has 8 aromatic carbocycles. The van der Waals surface area contributed by atoms with Gasteiger partial charge in [-0.3, -0.25) is 0 Å². The summed E-state index contributed by atoms with van der Waals surface area (Å²) in [7, 11) is 0. The van der Waals surface area contributed by atoms with Crippen molar-refractivity contribution in [2.75, 3.05) is 4.90 Å². The van der Waals surface area contributed by atoms with Gasteiger partial charge in [-0.25, -0.2) is 0 Å². The molecule has 0 atom stereocenters. The highest BCUT2D eigenvalue weighted by Crippen LogP contribution is 2.41. The minimum absolute atomic E-state index is 1.11. The van der Waals surface area contributed by atoms with Gasteiger partial charge in [0.25, 0.3) is 0 Å². The molecule has 0 aromatic heterocycles. The van der Waals surface area contributed by atoms with E-state index in [-0.39, 0.29) is 0 Å². The van der Waals surface area contributed by atoms with Crippen molar-refractivity contribution in [3.63, 3.8) is 0 Å². The van der Waals surface area contributed by atoms with Gasteiger partial charge in [-0.15, -0.1) is 0 Å². The molecule has 1 heteroatoms. The molecule has 0 aliphatic heterocycles. The first-order valence-corrected chi connectivity index (χ1v) is 15.4. The van der Waals surface area contributed by atoms with Crippen molar-refractivity contribution in [1.29, 1.82) is 0 Å². The Morgan fingerprint density at radius 2 is 0.778 bits per heavy atom. The van der Waals surface area contributed by atoms with Crippen LogP contribution in [0.4, 0.5) is 17.1 Å². The van der Waals surface area contributed by atoms with Crippen molar-refractivity contribution < 1.29 is 0 Å². The highest BCUT2D eigenvalue weighted by atomic mass is 15.1. The SMILES string of the molecule is c1ccc(-c2ccc(N(c3ccc(-c4c(-c5ccccc5)ccc5ccccc45)cc3)c3ccc4ccccc4c3)cc2)cc1. The molecule has 0 heterocycles. The normalized spacial score (nSPS) is 11.1. The number of benzene rings is 8. The van der Waals surface area contributed by atoms with E-state index in [1.54, 1.807) is 0 Å². The van der Waals surface area contributed by atoms with Crippen molar-refractivity contribution in [3.05, 3.63) is 188 Å². The molecule has 212 valence electrons. The van der Waals surface area contributed by atoms with Gasteiger partial charge in [0.15, 0.2) is 0 Å². The maximum atomic E-state index is 2.35. The summed E-state index contributed by atoms with van der Waals surface area (Å²) in [6.45, 7) is 0. The van der Waals surface area contributed by atoms with E-state index in [1.165, 1.54) is 54.9 Å². The molecule has 0 bridgehead atoms. The molecule has 0 spiro atoms. The Labute approximate surface area is 264 Å². The smallest absolute Gasteiger partial charge is 0.0468 e. The molecule has 0 radical (unpaired) electrons. The molecular weight excluding hydrogens is 542 g/mol. The molecule has 0 saturated heterocycles. The summed E-state index contributed by atoms with van der Waals surface area (Å²) < 4.78 is 0. The third-order valence-electron chi connectivity index (χ3n) is 8.65. The van der Waals surface area contributed by atoms with E-state index in [1.807, 2.05) is 0 Å². The van der Waals surface area contributed by atoms with Crippen LogP contribution in [0.1, 0.15) is 0 Å². The summed E-state index contributed by atoms with van der Waals surface area (Å²) in [4.78, 5) is 2.35. The number of fused-ring (bicyclic) bond motifs is 2. The van der Waals surface area contributed by atoms with Crippen molar-refractivity contribution in [2.45, 2.75) is 0 Å². The highest BCUT2D eigenvalue weighted by molar-refractivity contribution is 6.04. The third-order valence-corrected chi connectivity index (χ3v) is 8.65. The summed E-state index contributed by atoms with van der Waals surface area (Å²) >= 11 is 0. The number of nitrogens with zero attached hydrogens (tertiary/aromatic N) is 1. The molecule has 1 nitrogen and oxygen atoms in total. The predicted molar refractivity (Wildman–Crippen MR) is 192 cm³/mol. The lowest BCUT2D eigenvalue weighted by molar-refractivity contribution is 1.29. The fourth-order valence-corrected chi connectivity index (χ4v) is 6.41. The molecule has 45 heavy (non-hydrogen) atoms. The molecule has 8 rings (SSSR count). The third kappa shape index (κ3) is 5.15. The summed E-state index contributed by atoms with van der Waals surface area (Å²) in [5.41, 5.74) is 10.7. The first kappa shape index (κ1) is 26.7.